The molecule has 0 bridgehead atoms. The summed E-state index contributed by atoms with van der Waals surface area (Å²) >= 11 is 0.757. The van der Waals surface area contributed by atoms with Gasteiger partial charge >= 0.3 is 33.3 Å². The molecule has 5 heteroatoms. The van der Waals surface area contributed by atoms with Gasteiger partial charge in [0.25, 0.3) is 0 Å². The first kappa shape index (κ1) is 14.6. The molecule has 2 rings (SSSR count). The number of benzene rings is 1. The number of hydrogen-bond acceptors (Lipinski definition) is 1. The molecule has 0 saturated carbocycles. The van der Waals surface area contributed by atoms with Crippen molar-refractivity contribution in [3.8, 4) is 5.69 Å². The Morgan fingerprint density at radius 1 is 1.12 bits per heavy atom. The zero-order valence-corrected chi connectivity index (χ0v) is 12.3. The molecule has 1 aromatic carbocycles. The zero-order valence-electron chi connectivity index (χ0n) is 9.84. The Balaban J connectivity index is 0.000000437. The Bertz CT molecular complexity index is 446. The molecule has 0 aliphatic heterocycles. The van der Waals surface area contributed by atoms with Gasteiger partial charge in [-0.05, 0) is 31.9 Å². The van der Waals surface area contributed by atoms with Crippen molar-refractivity contribution in [3.05, 3.63) is 47.5 Å². The Morgan fingerprint density at radius 2 is 1.65 bits per heavy atom. The summed E-state index contributed by atoms with van der Waals surface area (Å²) in [6.45, 7) is 6.39. The van der Waals surface area contributed by atoms with E-state index in [0.717, 1.165) is 13.1 Å². The van der Waals surface area contributed by atoms with E-state index in [2.05, 4.69) is 62.7 Å². The van der Waals surface area contributed by atoms with Crippen molar-refractivity contribution in [2.45, 2.75) is 20.8 Å². The van der Waals surface area contributed by atoms with Crippen molar-refractivity contribution in [1.29, 1.82) is 0 Å². The van der Waals surface area contributed by atoms with Crippen molar-refractivity contribution < 1.29 is 13.1 Å². The molecule has 0 amide bonds. The number of aromatic nitrogens is 2. The van der Waals surface area contributed by atoms with Crippen molar-refractivity contribution in [2.75, 3.05) is 0 Å². The summed E-state index contributed by atoms with van der Waals surface area (Å²) in [5.41, 5.74) is 5.14. The molecule has 2 nitrogen and oxygen atoms in total. The van der Waals surface area contributed by atoms with E-state index < -0.39 is 0 Å². The van der Waals surface area contributed by atoms with Crippen LogP contribution in [-0.2, 0) is 13.1 Å². The summed E-state index contributed by atoms with van der Waals surface area (Å²) < 4.78 is 2.06. The Labute approximate surface area is 117 Å². The normalized spacial score (nSPS) is 9.94. The monoisotopic (exact) mass is 319 g/mol. The van der Waals surface area contributed by atoms with Gasteiger partial charge in [0.05, 0.1) is 12.0 Å². The topological polar surface area (TPSA) is 17.8 Å². The molecule has 1 aromatic heterocycles. The first-order valence-corrected chi connectivity index (χ1v) is 7.56. The van der Waals surface area contributed by atoms with Crippen LogP contribution in [0.5, 0.6) is 0 Å². The first-order chi connectivity index (χ1) is 8.10. The standard InChI is InChI=1S/C12H14N2.2ClH.Cu/c1-9-6-10(2)12(11(3)7-9)14-5-4-13-8-14;;;/h4-8H,1-3H3;2*1H;/q;;;+2/p-2. The molecule has 0 aliphatic carbocycles. The van der Waals surface area contributed by atoms with Crippen LogP contribution in [0.25, 0.3) is 5.69 Å². The van der Waals surface area contributed by atoms with Crippen molar-refractivity contribution in [1.82, 2.24) is 9.55 Å². The molecule has 0 N–H and O–H groups in total. The first-order valence-electron chi connectivity index (χ1n) is 4.97. The van der Waals surface area contributed by atoms with Gasteiger partial charge in [-0.15, -0.1) is 0 Å². The summed E-state index contributed by atoms with van der Waals surface area (Å²) in [6.07, 6.45) is 5.62. The number of hydrogen-bond donors (Lipinski definition) is 0. The quantitative estimate of drug-likeness (QED) is 0.721. The SMILES string of the molecule is Cc1cc(C)c(-n2ccnc2)c(C)c1.[Cl][Cu][Cl]. The Kier molecular flexibility index (Phi) is 6.07. The van der Waals surface area contributed by atoms with Crippen LogP contribution in [0.2, 0.25) is 0 Å². The number of imidazole rings is 1. The summed E-state index contributed by atoms with van der Waals surface area (Å²) in [4.78, 5) is 4.07. The van der Waals surface area contributed by atoms with Crippen LogP contribution < -0.4 is 0 Å². The van der Waals surface area contributed by atoms with Crippen LogP contribution in [0.15, 0.2) is 30.9 Å². The number of nitrogens with zero attached hydrogens (tertiary/aromatic N) is 2. The molecule has 0 atom stereocenters. The van der Waals surface area contributed by atoms with Gasteiger partial charge in [0.2, 0.25) is 0 Å². The fourth-order valence-corrected chi connectivity index (χ4v) is 1.97. The van der Waals surface area contributed by atoms with E-state index in [-0.39, 0.29) is 0 Å². The minimum absolute atomic E-state index is 0.757. The van der Waals surface area contributed by atoms with Crippen molar-refractivity contribution >= 4 is 20.2 Å². The van der Waals surface area contributed by atoms with E-state index in [4.69, 9.17) is 0 Å². The number of halogens is 2. The van der Waals surface area contributed by atoms with Crippen molar-refractivity contribution in [2.24, 2.45) is 0 Å². The van der Waals surface area contributed by atoms with Crippen LogP contribution in [0, 0.1) is 20.8 Å². The maximum atomic E-state index is 4.67. The third-order valence-electron chi connectivity index (χ3n) is 2.40. The van der Waals surface area contributed by atoms with Crippen molar-refractivity contribution in [3.63, 3.8) is 0 Å². The van der Waals surface area contributed by atoms with E-state index in [1.807, 2.05) is 12.5 Å². The van der Waals surface area contributed by atoms with Crippen LogP contribution in [-0.4, -0.2) is 9.55 Å². The van der Waals surface area contributed by atoms with Gasteiger partial charge in [-0.3, -0.25) is 0 Å². The Hall–Kier alpha value is -0.471. The third-order valence-corrected chi connectivity index (χ3v) is 2.40. The summed E-state index contributed by atoms with van der Waals surface area (Å²) in [6, 6.07) is 4.39. The molecular weight excluding hydrogens is 307 g/mol. The summed E-state index contributed by atoms with van der Waals surface area (Å²) in [5, 5.41) is 0. The van der Waals surface area contributed by atoms with Gasteiger partial charge in [-0.1, -0.05) is 17.7 Å². The van der Waals surface area contributed by atoms with E-state index in [0.29, 0.717) is 0 Å². The molecule has 0 spiro atoms. The molecule has 0 unspecified atom stereocenters. The van der Waals surface area contributed by atoms with Crippen LogP contribution >= 0.6 is 20.2 Å². The second kappa shape index (κ2) is 7.07. The average molecular weight is 321 g/mol. The maximum absolute atomic E-state index is 4.67. The zero-order chi connectivity index (χ0) is 12.8. The van der Waals surface area contributed by atoms with Crippen LogP contribution in [0.4, 0.5) is 0 Å². The Morgan fingerprint density at radius 3 is 2.06 bits per heavy atom. The molecule has 1 heterocycles. The average Bonchev–Trinajstić information content (AvgIpc) is 2.70. The number of aryl methyl sites for hydroxylation is 3. The minimum atomic E-state index is 0.757. The second-order valence-corrected chi connectivity index (χ2v) is 5.32. The predicted octanol–water partition coefficient (Wildman–Crippen LogP) is 4.17. The van der Waals surface area contributed by atoms with Gasteiger partial charge in [-0.2, -0.15) is 0 Å². The predicted molar refractivity (Wildman–Crippen MR) is 69.5 cm³/mol. The molecule has 0 saturated heterocycles. The second-order valence-electron chi connectivity index (χ2n) is 3.76. The number of rotatable bonds is 1. The molecule has 97 valence electrons. The van der Waals surface area contributed by atoms with E-state index in [1.165, 1.54) is 22.4 Å². The molecule has 0 aliphatic rings. The molecular formula is C12H14Cl2CuN2. The fraction of sp³-hybridized carbons (Fsp3) is 0.250. The third kappa shape index (κ3) is 4.04. The molecule has 0 fully saturated rings. The van der Waals surface area contributed by atoms with E-state index in [1.54, 1.807) is 6.20 Å². The molecule has 0 radical (unpaired) electrons. The van der Waals surface area contributed by atoms with Gasteiger partial charge in [0.1, 0.15) is 0 Å². The van der Waals surface area contributed by atoms with Crippen LogP contribution in [0.3, 0.4) is 0 Å². The van der Waals surface area contributed by atoms with Gasteiger partial charge in [0.15, 0.2) is 0 Å². The fourth-order valence-electron chi connectivity index (χ4n) is 1.97. The summed E-state index contributed by atoms with van der Waals surface area (Å²) in [7, 11) is 9.34. The van der Waals surface area contributed by atoms with E-state index >= 15 is 0 Å². The van der Waals surface area contributed by atoms with Crippen LogP contribution in [0.1, 0.15) is 16.7 Å². The van der Waals surface area contributed by atoms with Gasteiger partial charge in [-0.25, -0.2) is 4.98 Å². The van der Waals surface area contributed by atoms with E-state index in [9.17, 15) is 0 Å². The van der Waals surface area contributed by atoms with Gasteiger partial charge < -0.3 is 4.57 Å². The summed E-state index contributed by atoms with van der Waals surface area (Å²) in [5.74, 6) is 0. The molecule has 17 heavy (non-hydrogen) atoms. The van der Waals surface area contributed by atoms with Gasteiger partial charge in [0, 0.05) is 12.4 Å². The molecule has 2 aromatic rings.